The summed E-state index contributed by atoms with van der Waals surface area (Å²) in [6.07, 6.45) is 1.45. The van der Waals surface area contributed by atoms with Gasteiger partial charge in [-0.2, -0.15) is 0 Å². The number of amides is 1. The van der Waals surface area contributed by atoms with Gasteiger partial charge in [-0.1, -0.05) is 29.8 Å². The Morgan fingerprint density at radius 3 is 2.59 bits per heavy atom. The molecule has 27 heavy (non-hydrogen) atoms. The largest absolute Gasteiger partial charge is 0.489 e. The topological polar surface area (TPSA) is 69.9 Å². The molecule has 1 aromatic heterocycles. The third-order valence-corrected chi connectivity index (χ3v) is 4.28. The zero-order chi connectivity index (χ0) is 18.6. The number of hydrogen-bond donors (Lipinski definition) is 1. The maximum atomic E-state index is 12.6. The van der Waals surface area contributed by atoms with Crippen molar-refractivity contribution in [3.8, 4) is 17.2 Å². The van der Waals surface area contributed by atoms with Crippen molar-refractivity contribution in [3.05, 3.63) is 71.1 Å². The van der Waals surface area contributed by atoms with Crippen molar-refractivity contribution >= 4 is 23.2 Å². The number of anilines is 1. The summed E-state index contributed by atoms with van der Waals surface area (Å²) >= 11 is 6.24. The maximum Gasteiger partial charge on any atom is 0.291 e. The van der Waals surface area contributed by atoms with Crippen LogP contribution >= 0.6 is 11.6 Å². The number of carbonyl (C=O) groups is 1. The number of hydrogen-bond acceptors (Lipinski definition) is 5. The Hall–Kier alpha value is -3.12. The highest BCUT2D eigenvalue weighted by Crippen LogP contribution is 2.38. The number of ether oxygens (including phenoxy) is 3. The van der Waals surface area contributed by atoms with Crippen LogP contribution in [0.4, 0.5) is 5.69 Å². The van der Waals surface area contributed by atoms with Crippen molar-refractivity contribution in [3.63, 3.8) is 0 Å². The summed E-state index contributed by atoms with van der Waals surface area (Å²) in [6.45, 7) is 1.12. The maximum absolute atomic E-state index is 12.6. The number of carbonyl (C=O) groups excluding carboxylic acids is 1. The monoisotopic (exact) mass is 385 g/mol. The van der Waals surface area contributed by atoms with Crippen molar-refractivity contribution in [1.82, 2.24) is 0 Å². The van der Waals surface area contributed by atoms with Gasteiger partial charge < -0.3 is 23.9 Å². The third-order valence-electron chi connectivity index (χ3n) is 3.97. The van der Waals surface area contributed by atoms with Crippen LogP contribution in [0, 0.1) is 0 Å². The van der Waals surface area contributed by atoms with Crippen LogP contribution in [0.2, 0.25) is 5.02 Å². The van der Waals surface area contributed by atoms with E-state index in [0.29, 0.717) is 46.7 Å². The highest BCUT2D eigenvalue weighted by molar-refractivity contribution is 6.34. The van der Waals surface area contributed by atoms with Crippen LogP contribution in [-0.4, -0.2) is 19.1 Å². The quantitative estimate of drug-likeness (QED) is 0.698. The summed E-state index contributed by atoms with van der Waals surface area (Å²) in [5, 5.41) is 3.09. The first kappa shape index (κ1) is 17.3. The number of furan rings is 1. The van der Waals surface area contributed by atoms with Gasteiger partial charge in [0, 0.05) is 17.7 Å². The predicted octanol–water partition coefficient (Wildman–Crippen LogP) is 4.54. The Bertz CT molecular complexity index is 954. The number of para-hydroxylation sites is 1. The van der Waals surface area contributed by atoms with Crippen molar-refractivity contribution in [1.29, 1.82) is 0 Å². The second kappa shape index (κ2) is 7.63. The van der Waals surface area contributed by atoms with Crippen LogP contribution in [0.1, 0.15) is 16.1 Å². The van der Waals surface area contributed by atoms with Crippen molar-refractivity contribution in [2.24, 2.45) is 0 Å². The van der Waals surface area contributed by atoms with E-state index >= 15 is 0 Å². The fourth-order valence-electron chi connectivity index (χ4n) is 2.67. The number of benzene rings is 2. The van der Waals surface area contributed by atoms with E-state index in [2.05, 4.69) is 5.32 Å². The van der Waals surface area contributed by atoms with Crippen LogP contribution in [0.5, 0.6) is 17.2 Å². The van der Waals surface area contributed by atoms with E-state index in [1.54, 1.807) is 18.2 Å². The van der Waals surface area contributed by atoms with E-state index in [1.165, 1.54) is 6.26 Å². The first-order chi connectivity index (χ1) is 13.2. The molecule has 6 nitrogen and oxygen atoms in total. The molecule has 1 N–H and O–H groups in total. The fraction of sp³-hybridized carbons (Fsp3) is 0.150. The molecule has 0 saturated carbocycles. The van der Waals surface area contributed by atoms with Gasteiger partial charge in [-0.3, -0.25) is 4.79 Å². The number of halogens is 1. The third kappa shape index (κ3) is 3.85. The van der Waals surface area contributed by atoms with Crippen LogP contribution in [-0.2, 0) is 6.61 Å². The Kier molecular flexibility index (Phi) is 4.89. The molecule has 2 heterocycles. The molecular weight excluding hydrogens is 370 g/mol. The molecule has 0 radical (unpaired) electrons. The van der Waals surface area contributed by atoms with Gasteiger partial charge in [0.15, 0.2) is 17.3 Å². The number of fused-ring (bicyclic) bond motifs is 1. The van der Waals surface area contributed by atoms with Gasteiger partial charge in [-0.15, -0.1) is 0 Å². The van der Waals surface area contributed by atoms with Crippen LogP contribution in [0.3, 0.4) is 0 Å². The summed E-state index contributed by atoms with van der Waals surface area (Å²) in [4.78, 5) is 12.6. The fourth-order valence-corrected chi connectivity index (χ4v) is 2.87. The zero-order valence-electron chi connectivity index (χ0n) is 14.2. The summed E-state index contributed by atoms with van der Waals surface area (Å²) in [5.74, 6) is 1.54. The summed E-state index contributed by atoms with van der Waals surface area (Å²) in [5.41, 5.74) is 1.04. The van der Waals surface area contributed by atoms with Gasteiger partial charge in [0.2, 0.25) is 0 Å². The molecule has 1 aliphatic rings. The highest BCUT2D eigenvalue weighted by atomic mass is 35.5. The smallest absolute Gasteiger partial charge is 0.291 e. The van der Waals surface area contributed by atoms with Gasteiger partial charge in [0.1, 0.15) is 25.6 Å². The van der Waals surface area contributed by atoms with Gasteiger partial charge >= 0.3 is 0 Å². The average Bonchev–Trinajstić information content (AvgIpc) is 3.16. The Morgan fingerprint density at radius 2 is 1.81 bits per heavy atom. The lowest BCUT2D eigenvalue weighted by molar-refractivity contribution is 0.0993. The van der Waals surface area contributed by atoms with E-state index < -0.39 is 5.91 Å². The minimum absolute atomic E-state index is 0.164. The molecule has 0 bridgehead atoms. The summed E-state index contributed by atoms with van der Waals surface area (Å²) in [7, 11) is 0. The molecule has 0 atom stereocenters. The molecule has 7 heteroatoms. The van der Waals surface area contributed by atoms with Gasteiger partial charge in [0.25, 0.3) is 5.91 Å². The Balaban J connectivity index is 1.48. The molecular formula is C20H16ClNO5. The molecule has 0 aliphatic carbocycles. The molecule has 3 aromatic rings. The minimum Gasteiger partial charge on any atom is -0.489 e. The first-order valence-electron chi connectivity index (χ1n) is 8.35. The number of rotatable bonds is 5. The van der Waals surface area contributed by atoms with Gasteiger partial charge in [-0.25, -0.2) is 0 Å². The second-order valence-electron chi connectivity index (χ2n) is 5.81. The first-order valence-corrected chi connectivity index (χ1v) is 8.73. The molecule has 0 fully saturated rings. The summed E-state index contributed by atoms with van der Waals surface area (Å²) < 4.78 is 22.0. The molecule has 0 spiro atoms. The zero-order valence-corrected chi connectivity index (χ0v) is 15.0. The van der Waals surface area contributed by atoms with E-state index in [4.69, 9.17) is 30.2 Å². The van der Waals surface area contributed by atoms with E-state index in [-0.39, 0.29) is 12.4 Å². The standard InChI is InChI=1S/C20H16ClNO5/c21-15-10-17-18(25-9-8-24-17)11-16(15)22-20(23)19-13(6-7-26-19)12-27-14-4-2-1-3-5-14/h1-7,10-11H,8-9,12H2,(H,22,23). The normalized spacial score (nSPS) is 12.5. The van der Waals surface area contributed by atoms with E-state index in [0.717, 1.165) is 0 Å². The molecule has 0 unspecified atom stereocenters. The minimum atomic E-state index is -0.426. The Labute approximate surface area is 160 Å². The van der Waals surface area contributed by atoms with E-state index in [9.17, 15) is 4.79 Å². The molecule has 0 saturated heterocycles. The van der Waals surface area contributed by atoms with Crippen molar-refractivity contribution < 1.29 is 23.4 Å². The van der Waals surface area contributed by atoms with Crippen molar-refractivity contribution in [2.75, 3.05) is 18.5 Å². The molecule has 1 amide bonds. The SMILES string of the molecule is O=C(Nc1cc2c(cc1Cl)OCCO2)c1occc1COc1ccccc1. The highest BCUT2D eigenvalue weighted by Gasteiger charge is 2.20. The van der Waals surface area contributed by atoms with Crippen molar-refractivity contribution in [2.45, 2.75) is 6.61 Å². The predicted molar refractivity (Wildman–Crippen MR) is 99.9 cm³/mol. The lowest BCUT2D eigenvalue weighted by Gasteiger charge is -2.19. The average molecular weight is 386 g/mol. The second-order valence-corrected chi connectivity index (χ2v) is 6.21. The molecule has 138 valence electrons. The summed E-state index contributed by atoms with van der Waals surface area (Å²) in [6, 6.07) is 14.3. The lowest BCUT2D eigenvalue weighted by Crippen LogP contribution is -2.17. The molecule has 2 aromatic carbocycles. The number of nitrogens with one attached hydrogen (secondary N) is 1. The lowest BCUT2D eigenvalue weighted by atomic mass is 10.2. The van der Waals surface area contributed by atoms with Crippen LogP contribution in [0.15, 0.2) is 59.2 Å². The molecule has 1 aliphatic heterocycles. The van der Waals surface area contributed by atoms with Gasteiger partial charge in [-0.05, 0) is 18.2 Å². The van der Waals surface area contributed by atoms with Crippen LogP contribution in [0.25, 0.3) is 0 Å². The molecule has 4 rings (SSSR count). The van der Waals surface area contributed by atoms with Crippen LogP contribution < -0.4 is 19.5 Å². The Morgan fingerprint density at radius 1 is 1.07 bits per heavy atom. The van der Waals surface area contributed by atoms with E-state index in [1.807, 2.05) is 30.3 Å². The van der Waals surface area contributed by atoms with Gasteiger partial charge in [0.05, 0.1) is 17.0 Å².